The third kappa shape index (κ3) is 4.50. The van der Waals surface area contributed by atoms with Gasteiger partial charge in [-0.3, -0.25) is 19.8 Å². The van der Waals surface area contributed by atoms with Gasteiger partial charge in [0.15, 0.2) is 0 Å². The van der Waals surface area contributed by atoms with Crippen LogP contribution in [-0.2, 0) is 4.79 Å². The molecule has 8 heteroatoms. The van der Waals surface area contributed by atoms with Crippen LogP contribution in [0.5, 0.6) is 0 Å². The summed E-state index contributed by atoms with van der Waals surface area (Å²) in [5.74, 6) is -0.0479. The van der Waals surface area contributed by atoms with E-state index >= 15 is 0 Å². The third-order valence-electron chi connectivity index (χ3n) is 4.31. The second-order valence-electron chi connectivity index (χ2n) is 6.04. The zero-order valence-corrected chi connectivity index (χ0v) is 16.3. The van der Waals surface area contributed by atoms with Crippen LogP contribution in [0.25, 0.3) is 0 Å². The van der Waals surface area contributed by atoms with Crippen molar-refractivity contribution in [2.24, 2.45) is 0 Å². The molecule has 2 aromatic carbocycles. The lowest BCUT2D eigenvalue weighted by atomic mass is 10.2. The van der Waals surface area contributed by atoms with Crippen molar-refractivity contribution in [3.05, 3.63) is 62.2 Å². The zero-order valence-electron chi connectivity index (χ0n) is 14.1. The molecule has 136 valence electrons. The van der Waals surface area contributed by atoms with Gasteiger partial charge in [0.25, 0.3) is 5.69 Å². The number of rotatable bonds is 5. The minimum absolute atomic E-state index is 0.0479. The molecule has 1 N–H and O–H groups in total. The summed E-state index contributed by atoms with van der Waals surface area (Å²) in [5.41, 5.74) is 1.58. The van der Waals surface area contributed by atoms with E-state index in [1.807, 2.05) is 35.2 Å². The summed E-state index contributed by atoms with van der Waals surface area (Å²) >= 11 is 2.19. The molecule has 1 amide bonds. The molecule has 1 aliphatic heterocycles. The fourth-order valence-electron chi connectivity index (χ4n) is 2.99. The number of carbonyl (C=O) groups is 1. The first-order chi connectivity index (χ1) is 12.5. The monoisotopic (exact) mass is 466 g/mol. The highest BCUT2D eigenvalue weighted by Crippen LogP contribution is 2.28. The molecule has 0 saturated carbocycles. The molecule has 7 nitrogen and oxygen atoms in total. The molecule has 1 fully saturated rings. The summed E-state index contributed by atoms with van der Waals surface area (Å²) in [5, 5.41) is 14.1. The molecule has 0 aromatic heterocycles. The first-order valence-electron chi connectivity index (χ1n) is 8.29. The Kier molecular flexibility index (Phi) is 6.04. The van der Waals surface area contributed by atoms with Crippen LogP contribution in [0.2, 0.25) is 0 Å². The number of halogens is 1. The summed E-state index contributed by atoms with van der Waals surface area (Å²) in [6, 6.07) is 14.4. The van der Waals surface area contributed by atoms with Crippen molar-refractivity contribution in [3.8, 4) is 0 Å². The molecule has 1 saturated heterocycles. The van der Waals surface area contributed by atoms with Gasteiger partial charge in [0.1, 0.15) is 5.69 Å². The number of hydrogen-bond donors (Lipinski definition) is 1. The van der Waals surface area contributed by atoms with E-state index in [4.69, 9.17) is 0 Å². The van der Waals surface area contributed by atoms with Crippen LogP contribution in [0.3, 0.4) is 0 Å². The van der Waals surface area contributed by atoms with Gasteiger partial charge in [-0.25, -0.2) is 0 Å². The summed E-state index contributed by atoms with van der Waals surface area (Å²) in [6.45, 7) is 2.99. The van der Waals surface area contributed by atoms with Gasteiger partial charge in [-0.2, -0.15) is 0 Å². The van der Waals surface area contributed by atoms with Gasteiger partial charge in [-0.15, -0.1) is 0 Å². The first-order valence-corrected chi connectivity index (χ1v) is 9.37. The Hall–Kier alpha value is -2.20. The molecular weight excluding hydrogens is 447 g/mol. The number of nitro groups is 1. The third-order valence-corrected chi connectivity index (χ3v) is 5.25. The average Bonchev–Trinajstić information content (AvgIpc) is 2.64. The number of hydrogen-bond acceptors (Lipinski definition) is 5. The van der Waals surface area contributed by atoms with Gasteiger partial charge in [0.2, 0.25) is 5.91 Å². The molecule has 2 aromatic rings. The van der Waals surface area contributed by atoms with Crippen LogP contribution in [0.15, 0.2) is 48.5 Å². The molecule has 0 radical (unpaired) electrons. The Morgan fingerprint density at radius 3 is 2.42 bits per heavy atom. The minimum atomic E-state index is -0.351. The smallest absolute Gasteiger partial charge is 0.292 e. The quantitative estimate of drug-likeness (QED) is 0.417. The maximum absolute atomic E-state index is 12.3. The largest absolute Gasteiger partial charge is 0.363 e. The average molecular weight is 466 g/mol. The van der Waals surface area contributed by atoms with E-state index < -0.39 is 0 Å². The maximum atomic E-state index is 12.3. The van der Waals surface area contributed by atoms with E-state index in [-0.39, 0.29) is 16.5 Å². The molecule has 0 spiro atoms. The van der Waals surface area contributed by atoms with Crippen LogP contribution in [0, 0.1) is 13.7 Å². The topological polar surface area (TPSA) is 78.7 Å². The Bertz CT molecular complexity index is 807. The summed E-state index contributed by atoms with van der Waals surface area (Å²) in [4.78, 5) is 27.2. The van der Waals surface area contributed by atoms with Crippen LogP contribution in [0.4, 0.5) is 17.1 Å². The van der Waals surface area contributed by atoms with E-state index in [9.17, 15) is 14.9 Å². The van der Waals surface area contributed by atoms with Gasteiger partial charge < -0.3 is 10.2 Å². The van der Waals surface area contributed by atoms with Crippen molar-refractivity contribution in [2.75, 3.05) is 42.9 Å². The normalized spacial score (nSPS) is 14.9. The van der Waals surface area contributed by atoms with Crippen molar-refractivity contribution in [2.45, 2.75) is 0 Å². The van der Waals surface area contributed by atoms with Gasteiger partial charge in [0, 0.05) is 35.8 Å². The SMILES string of the molecule is O=C(CN1CCN(c2ccccc2[N+](=O)[O-])CC1)Nc1ccccc1I. The fraction of sp³-hybridized carbons (Fsp3) is 0.278. The molecule has 26 heavy (non-hydrogen) atoms. The number of piperazine rings is 1. The van der Waals surface area contributed by atoms with Crippen LogP contribution in [-0.4, -0.2) is 48.5 Å². The molecule has 0 aliphatic carbocycles. The van der Waals surface area contributed by atoms with Crippen LogP contribution in [0.1, 0.15) is 0 Å². The molecule has 1 heterocycles. The van der Waals surface area contributed by atoms with E-state index in [0.717, 1.165) is 9.26 Å². The van der Waals surface area contributed by atoms with Crippen molar-refractivity contribution in [1.82, 2.24) is 4.90 Å². The number of nitro benzene ring substituents is 1. The molecule has 0 bridgehead atoms. The van der Waals surface area contributed by atoms with Crippen molar-refractivity contribution in [1.29, 1.82) is 0 Å². The second-order valence-corrected chi connectivity index (χ2v) is 7.20. The van der Waals surface area contributed by atoms with Gasteiger partial charge in [-0.1, -0.05) is 24.3 Å². The maximum Gasteiger partial charge on any atom is 0.292 e. The summed E-state index contributed by atoms with van der Waals surface area (Å²) in [7, 11) is 0. The number of nitrogens with zero attached hydrogens (tertiary/aromatic N) is 3. The van der Waals surface area contributed by atoms with Gasteiger partial charge in [-0.05, 0) is 40.8 Å². The standard InChI is InChI=1S/C18H19IN4O3/c19-14-5-1-2-6-15(14)20-18(24)13-21-9-11-22(12-10-21)16-7-3-4-8-17(16)23(25)26/h1-8H,9-13H2,(H,20,24). The van der Waals surface area contributed by atoms with E-state index in [1.165, 1.54) is 6.07 Å². The Morgan fingerprint density at radius 2 is 1.73 bits per heavy atom. The second kappa shape index (κ2) is 8.45. The first kappa shape index (κ1) is 18.6. The molecule has 3 rings (SSSR count). The highest BCUT2D eigenvalue weighted by molar-refractivity contribution is 14.1. The van der Waals surface area contributed by atoms with Crippen LogP contribution >= 0.6 is 22.6 Å². The van der Waals surface area contributed by atoms with Gasteiger partial charge in [0.05, 0.1) is 17.2 Å². The van der Waals surface area contributed by atoms with Crippen molar-refractivity contribution < 1.29 is 9.72 Å². The molecule has 0 atom stereocenters. The fourth-order valence-corrected chi connectivity index (χ4v) is 3.51. The zero-order chi connectivity index (χ0) is 18.5. The Morgan fingerprint density at radius 1 is 1.08 bits per heavy atom. The van der Waals surface area contributed by atoms with Crippen molar-refractivity contribution in [3.63, 3.8) is 0 Å². The summed E-state index contributed by atoms with van der Waals surface area (Å²) < 4.78 is 1.000. The number of amides is 1. The Labute approximate surface area is 165 Å². The lowest BCUT2D eigenvalue weighted by Crippen LogP contribution is -2.48. The number of nitrogens with one attached hydrogen (secondary N) is 1. The van der Waals surface area contributed by atoms with E-state index in [0.29, 0.717) is 38.4 Å². The highest BCUT2D eigenvalue weighted by Gasteiger charge is 2.24. The van der Waals surface area contributed by atoms with E-state index in [1.54, 1.807) is 12.1 Å². The number of benzene rings is 2. The number of anilines is 2. The van der Waals surface area contributed by atoms with Crippen molar-refractivity contribution >= 4 is 45.6 Å². The number of carbonyl (C=O) groups excluding carboxylic acids is 1. The molecular formula is C18H19IN4O3. The lowest BCUT2D eigenvalue weighted by molar-refractivity contribution is -0.384. The summed E-state index contributed by atoms with van der Waals surface area (Å²) in [6.07, 6.45) is 0. The van der Waals surface area contributed by atoms with E-state index in [2.05, 4.69) is 32.8 Å². The highest BCUT2D eigenvalue weighted by atomic mass is 127. The predicted octanol–water partition coefficient (Wildman–Crippen LogP) is 2.96. The lowest BCUT2D eigenvalue weighted by Gasteiger charge is -2.35. The molecule has 0 unspecified atom stereocenters. The predicted molar refractivity (Wildman–Crippen MR) is 110 cm³/mol. The Balaban J connectivity index is 1.55. The minimum Gasteiger partial charge on any atom is -0.363 e. The van der Waals surface area contributed by atoms with Gasteiger partial charge >= 0.3 is 0 Å². The van der Waals surface area contributed by atoms with Crippen LogP contribution < -0.4 is 10.2 Å². The number of para-hydroxylation sites is 3. The molecule has 1 aliphatic rings.